The number of carboxylic acid groups (broad SMARTS) is 1. The first-order valence-corrected chi connectivity index (χ1v) is 4.86. The molecule has 1 unspecified atom stereocenters. The van der Waals surface area contributed by atoms with E-state index in [1.807, 2.05) is 0 Å². The quantitative estimate of drug-likeness (QED) is 0.682. The summed E-state index contributed by atoms with van der Waals surface area (Å²) in [6, 6.07) is 0. The van der Waals surface area contributed by atoms with Crippen molar-refractivity contribution in [2.24, 2.45) is 10.9 Å². The number of aliphatic carboxylic acids is 1. The van der Waals surface area contributed by atoms with Gasteiger partial charge in [0.1, 0.15) is 5.92 Å². The molecule has 0 aromatic carbocycles. The predicted molar refractivity (Wildman–Crippen MR) is 50.8 cm³/mol. The summed E-state index contributed by atoms with van der Waals surface area (Å²) < 4.78 is 0. The molecule has 0 aromatic rings. The van der Waals surface area contributed by atoms with Crippen LogP contribution in [0.2, 0.25) is 0 Å². The van der Waals surface area contributed by atoms with E-state index < -0.39 is 11.9 Å². The summed E-state index contributed by atoms with van der Waals surface area (Å²) in [4.78, 5) is 25.4. The Labute approximate surface area is 79.7 Å². The molecule has 1 aliphatic heterocycles. The van der Waals surface area contributed by atoms with Gasteiger partial charge in [-0.3, -0.25) is 9.59 Å². The van der Waals surface area contributed by atoms with Crippen molar-refractivity contribution in [2.75, 3.05) is 6.26 Å². The van der Waals surface area contributed by atoms with Crippen molar-refractivity contribution in [1.29, 1.82) is 0 Å². The fourth-order valence-electron chi connectivity index (χ4n) is 1.14. The second kappa shape index (κ2) is 3.74. The molecular formula is C8H9NO3S. The van der Waals surface area contributed by atoms with Gasteiger partial charge < -0.3 is 5.11 Å². The Morgan fingerprint density at radius 3 is 2.77 bits per heavy atom. The van der Waals surface area contributed by atoms with Crippen LogP contribution in [0, 0.1) is 5.92 Å². The van der Waals surface area contributed by atoms with Gasteiger partial charge in [-0.25, -0.2) is 4.99 Å². The first-order valence-electron chi connectivity index (χ1n) is 3.63. The Morgan fingerprint density at radius 2 is 2.31 bits per heavy atom. The van der Waals surface area contributed by atoms with Crippen molar-refractivity contribution in [3.63, 3.8) is 0 Å². The molecule has 1 aliphatic rings. The highest BCUT2D eigenvalue weighted by Gasteiger charge is 2.29. The van der Waals surface area contributed by atoms with Crippen LogP contribution < -0.4 is 0 Å². The summed E-state index contributed by atoms with van der Waals surface area (Å²) in [5.41, 5.74) is 0.539. The number of dihydropyridines is 1. The molecule has 4 nitrogen and oxygen atoms in total. The molecule has 0 aromatic heterocycles. The number of amides is 1. The zero-order chi connectivity index (χ0) is 10.0. The van der Waals surface area contributed by atoms with Crippen LogP contribution in [-0.4, -0.2) is 28.3 Å². The van der Waals surface area contributed by atoms with E-state index in [-0.39, 0.29) is 5.91 Å². The molecule has 1 atom stereocenters. The number of carboxylic acids is 1. The monoisotopic (exact) mass is 199 g/mol. The molecule has 1 amide bonds. The molecule has 0 saturated heterocycles. The van der Waals surface area contributed by atoms with Crippen molar-refractivity contribution < 1.29 is 14.7 Å². The van der Waals surface area contributed by atoms with Crippen LogP contribution in [0.15, 0.2) is 16.6 Å². The summed E-state index contributed by atoms with van der Waals surface area (Å²) in [7, 11) is 0. The summed E-state index contributed by atoms with van der Waals surface area (Å²) in [6.07, 6.45) is 2.97. The van der Waals surface area contributed by atoms with Gasteiger partial charge in [-0.05, 0) is 18.8 Å². The van der Waals surface area contributed by atoms with Gasteiger partial charge in [-0.2, -0.15) is 0 Å². The largest absolute Gasteiger partial charge is 0.480 e. The number of aliphatic imine (C=N–C) groups is 1. The third-order valence-corrected chi connectivity index (χ3v) is 2.48. The fraction of sp³-hybridized carbons (Fsp3) is 0.375. The van der Waals surface area contributed by atoms with Crippen molar-refractivity contribution in [3.8, 4) is 0 Å². The number of thioether (sulfide) groups is 1. The Morgan fingerprint density at radius 1 is 1.69 bits per heavy atom. The molecule has 5 heteroatoms. The Kier molecular flexibility index (Phi) is 2.87. The molecule has 13 heavy (non-hydrogen) atoms. The van der Waals surface area contributed by atoms with Crippen LogP contribution in [0.4, 0.5) is 0 Å². The average Bonchev–Trinajstić information content (AvgIpc) is 2.01. The smallest absolute Gasteiger partial charge is 0.317 e. The summed E-state index contributed by atoms with van der Waals surface area (Å²) >= 11 is 1.20. The van der Waals surface area contributed by atoms with Crippen molar-refractivity contribution in [1.82, 2.24) is 0 Å². The maximum absolute atomic E-state index is 10.9. The number of hydrogen-bond acceptors (Lipinski definition) is 3. The van der Waals surface area contributed by atoms with Crippen LogP contribution in [0.3, 0.4) is 0 Å². The highest BCUT2D eigenvalue weighted by Crippen LogP contribution is 2.23. The van der Waals surface area contributed by atoms with Crippen LogP contribution in [0.1, 0.15) is 6.92 Å². The van der Waals surface area contributed by atoms with Gasteiger partial charge in [0.15, 0.2) is 0 Å². The highest BCUT2D eigenvalue weighted by molar-refractivity contribution is 8.13. The molecule has 70 valence electrons. The third kappa shape index (κ3) is 1.98. The van der Waals surface area contributed by atoms with Gasteiger partial charge in [0.2, 0.25) is 0 Å². The fourth-order valence-corrected chi connectivity index (χ4v) is 1.85. The Hall–Kier alpha value is -1.10. The molecule has 0 fully saturated rings. The minimum Gasteiger partial charge on any atom is -0.480 e. The van der Waals surface area contributed by atoms with Gasteiger partial charge >= 0.3 is 5.97 Å². The van der Waals surface area contributed by atoms with Gasteiger partial charge in [0.25, 0.3) is 5.91 Å². The zero-order valence-electron chi connectivity index (χ0n) is 7.27. The molecule has 0 radical (unpaired) electrons. The first kappa shape index (κ1) is 9.98. The van der Waals surface area contributed by atoms with Crippen LogP contribution in [0.25, 0.3) is 0 Å². The van der Waals surface area contributed by atoms with E-state index in [0.717, 1.165) is 0 Å². The molecule has 0 spiro atoms. The maximum Gasteiger partial charge on any atom is 0.317 e. The van der Waals surface area contributed by atoms with Gasteiger partial charge in [0.05, 0.1) is 5.04 Å². The molecule has 0 bridgehead atoms. The summed E-state index contributed by atoms with van der Waals surface area (Å²) in [6.45, 7) is 1.63. The van der Waals surface area contributed by atoms with E-state index in [4.69, 9.17) is 5.11 Å². The molecule has 1 N–H and O–H groups in total. The van der Waals surface area contributed by atoms with Crippen LogP contribution in [-0.2, 0) is 9.59 Å². The zero-order valence-corrected chi connectivity index (χ0v) is 8.09. The second-order valence-electron chi connectivity index (χ2n) is 2.65. The van der Waals surface area contributed by atoms with E-state index >= 15 is 0 Å². The number of carbonyl (C=O) groups excluding carboxylic acids is 1. The predicted octanol–water partition coefficient (Wildman–Crippen LogP) is 0.935. The number of hydrogen-bond donors (Lipinski definition) is 1. The van der Waals surface area contributed by atoms with Crippen molar-refractivity contribution in [2.45, 2.75) is 6.92 Å². The molecule has 0 saturated carbocycles. The van der Waals surface area contributed by atoms with E-state index in [1.54, 1.807) is 13.2 Å². The summed E-state index contributed by atoms with van der Waals surface area (Å²) in [5.74, 6) is -2.08. The van der Waals surface area contributed by atoms with E-state index in [1.165, 1.54) is 17.8 Å². The number of rotatable bonds is 1. The Bertz CT molecular complexity index is 319. The Balaban J connectivity index is 3.05. The molecule has 0 aliphatic carbocycles. The van der Waals surface area contributed by atoms with Gasteiger partial charge in [-0.15, -0.1) is 11.8 Å². The SMILES string of the molecule is CSC1=NC(=O)C=C(C)C1C(=O)O. The lowest BCUT2D eigenvalue weighted by Gasteiger charge is -2.16. The van der Waals surface area contributed by atoms with Crippen molar-refractivity contribution >= 4 is 28.7 Å². The van der Waals surface area contributed by atoms with Crippen molar-refractivity contribution in [3.05, 3.63) is 11.6 Å². The topological polar surface area (TPSA) is 66.7 Å². The lowest BCUT2D eigenvalue weighted by molar-refractivity contribution is -0.138. The lowest BCUT2D eigenvalue weighted by atomic mass is 9.99. The van der Waals surface area contributed by atoms with E-state index in [0.29, 0.717) is 10.6 Å². The average molecular weight is 199 g/mol. The van der Waals surface area contributed by atoms with Crippen LogP contribution in [0.5, 0.6) is 0 Å². The minimum atomic E-state index is -0.964. The number of carbonyl (C=O) groups is 2. The van der Waals surface area contributed by atoms with E-state index in [9.17, 15) is 9.59 Å². The van der Waals surface area contributed by atoms with E-state index in [2.05, 4.69) is 4.99 Å². The molecule has 1 heterocycles. The van der Waals surface area contributed by atoms with Gasteiger partial charge in [-0.1, -0.05) is 0 Å². The lowest BCUT2D eigenvalue weighted by Crippen LogP contribution is -2.26. The molecular weight excluding hydrogens is 190 g/mol. The standard InChI is InChI=1S/C8H9NO3S/c1-4-3-5(10)9-7(13-2)6(4)8(11)12/h3,6H,1-2H3,(H,11,12). The first-order chi connectivity index (χ1) is 6.06. The minimum absolute atomic E-state index is 0.359. The summed E-state index contributed by atoms with van der Waals surface area (Å²) in [5, 5.41) is 9.21. The molecule has 1 rings (SSSR count). The normalized spacial score (nSPS) is 22.3. The van der Waals surface area contributed by atoms with Crippen LogP contribution >= 0.6 is 11.8 Å². The maximum atomic E-state index is 10.9. The third-order valence-electron chi connectivity index (χ3n) is 1.73. The number of nitrogens with zero attached hydrogens (tertiary/aromatic N) is 1. The van der Waals surface area contributed by atoms with Gasteiger partial charge in [0, 0.05) is 6.08 Å². The highest BCUT2D eigenvalue weighted by atomic mass is 32.2. The second-order valence-corrected chi connectivity index (χ2v) is 3.48.